The highest BCUT2D eigenvalue weighted by atomic mass is 19.4. The molecule has 2 rings (SSSR count). The lowest BCUT2D eigenvalue weighted by molar-refractivity contribution is -0.138. The number of nitrogens with one attached hydrogen (secondary N) is 1. The molecule has 1 heterocycles. The second kappa shape index (κ2) is 5.03. The summed E-state index contributed by atoms with van der Waals surface area (Å²) < 4.78 is 37.1. The zero-order chi connectivity index (χ0) is 14.0. The van der Waals surface area contributed by atoms with Crippen LogP contribution in [0.4, 0.5) is 13.2 Å². The fraction of sp³-hybridized carbons (Fsp3) is 0.385. The van der Waals surface area contributed by atoms with Crippen LogP contribution in [0.3, 0.4) is 0 Å². The molecule has 19 heavy (non-hydrogen) atoms. The van der Waals surface area contributed by atoms with Crippen molar-refractivity contribution in [2.45, 2.75) is 25.4 Å². The Labute approximate surface area is 107 Å². The molecule has 0 aromatic heterocycles. The van der Waals surface area contributed by atoms with Crippen molar-refractivity contribution < 1.29 is 22.8 Å². The van der Waals surface area contributed by atoms with Crippen molar-refractivity contribution in [1.82, 2.24) is 5.32 Å². The molecule has 1 aliphatic heterocycles. The fourth-order valence-electron chi connectivity index (χ4n) is 2.05. The Morgan fingerprint density at radius 3 is 2.32 bits per heavy atom. The number of halogens is 3. The average Bonchev–Trinajstić information content (AvgIpc) is 2.32. The second-order valence-corrected chi connectivity index (χ2v) is 4.55. The second-order valence-electron chi connectivity index (χ2n) is 4.55. The number of piperidine rings is 1. The van der Waals surface area contributed by atoms with E-state index in [1.807, 2.05) is 0 Å². The lowest BCUT2D eigenvalue weighted by Gasteiger charge is -2.20. The summed E-state index contributed by atoms with van der Waals surface area (Å²) in [5.74, 6) is -1.00. The Balaban J connectivity index is 2.04. The topological polar surface area (TPSA) is 46.2 Å². The van der Waals surface area contributed by atoms with Crippen molar-refractivity contribution in [3.8, 4) is 0 Å². The van der Waals surface area contributed by atoms with Crippen LogP contribution in [0, 0.1) is 5.92 Å². The summed E-state index contributed by atoms with van der Waals surface area (Å²) in [5, 5.41) is 2.23. The molecular weight excluding hydrogens is 259 g/mol. The highest BCUT2D eigenvalue weighted by Gasteiger charge is 2.30. The number of imide groups is 1. The lowest BCUT2D eigenvalue weighted by Crippen LogP contribution is -2.41. The van der Waals surface area contributed by atoms with E-state index in [1.54, 1.807) is 0 Å². The van der Waals surface area contributed by atoms with Crippen molar-refractivity contribution in [2.24, 2.45) is 5.92 Å². The molecule has 0 saturated carbocycles. The number of carbonyl (C=O) groups excluding carboxylic acids is 2. The monoisotopic (exact) mass is 271 g/mol. The molecule has 1 atom stereocenters. The number of hydrogen-bond donors (Lipinski definition) is 1. The first kappa shape index (κ1) is 13.6. The van der Waals surface area contributed by atoms with Crippen LogP contribution in [-0.4, -0.2) is 11.8 Å². The minimum absolute atomic E-state index is 0.275. The molecule has 1 aromatic carbocycles. The molecule has 0 unspecified atom stereocenters. The van der Waals surface area contributed by atoms with Crippen molar-refractivity contribution >= 4 is 11.8 Å². The summed E-state index contributed by atoms with van der Waals surface area (Å²) in [6.45, 7) is 0. The summed E-state index contributed by atoms with van der Waals surface area (Å²) in [6, 6.07) is 4.74. The van der Waals surface area contributed by atoms with Crippen LogP contribution in [0.2, 0.25) is 0 Å². The third kappa shape index (κ3) is 3.33. The molecule has 0 aliphatic carbocycles. The zero-order valence-corrected chi connectivity index (χ0v) is 9.96. The van der Waals surface area contributed by atoms with Gasteiger partial charge in [-0.15, -0.1) is 0 Å². The number of carbonyl (C=O) groups is 2. The summed E-state index contributed by atoms with van der Waals surface area (Å²) >= 11 is 0. The molecule has 3 nitrogen and oxygen atoms in total. The van der Waals surface area contributed by atoms with E-state index in [9.17, 15) is 22.8 Å². The molecule has 6 heteroatoms. The Morgan fingerprint density at radius 1 is 1.16 bits per heavy atom. The quantitative estimate of drug-likeness (QED) is 0.839. The molecule has 0 spiro atoms. The van der Waals surface area contributed by atoms with Gasteiger partial charge < -0.3 is 0 Å². The number of hydrogen-bond acceptors (Lipinski definition) is 2. The van der Waals surface area contributed by atoms with Crippen LogP contribution in [0.15, 0.2) is 24.3 Å². The SMILES string of the molecule is O=C1CC[C@@H](Cc2ccc(C(F)(F)F)cc2)C(=O)N1. The van der Waals surface area contributed by atoms with E-state index >= 15 is 0 Å². The van der Waals surface area contributed by atoms with Crippen LogP contribution in [0.1, 0.15) is 24.0 Å². The first-order valence-corrected chi connectivity index (χ1v) is 5.86. The van der Waals surface area contributed by atoms with Gasteiger partial charge in [0.2, 0.25) is 11.8 Å². The van der Waals surface area contributed by atoms with Crippen LogP contribution < -0.4 is 5.32 Å². The zero-order valence-electron chi connectivity index (χ0n) is 9.96. The van der Waals surface area contributed by atoms with Gasteiger partial charge in [-0.2, -0.15) is 13.2 Å². The summed E-state index contributed by atoms with van der Waals surface area (Å²) in [7, 11) is 0. The van der Waals surface area contributed by atoms with E-state index in [1.165, 1.54) is 12.1 Å². The van der Waals surface area contributed by atoms with Crippen LogP contribution in [0.25, 0.3) is 0 Å². The van der Waals surface area contributed by atoms with Gasteiger partial charge in [0.05, 0.1) is 5.56 Å². The Morgan fingerprint density at radius 2 is 1.79 bits per heavy atom. The molecule has 1 N–H and O–H groups in total. The predicted octanol–water partition coefficient (Wildman–Crippen LogP) is 2.30. The minimum Gasteiger partial charge on any atom is -0.296 e. The molecule has 2 amide bonds. The number of amides is 2. The maximum Gasteiger partial charge on any atom is 0.416 e. The first-order valence-electron chi connectivity index (χ1n) is 5.86. The largest absolute Gasteiger partial charge is 0.416 e. The fourth-order valence-corrected chi connectivity index (χ4v) is 2.05. The lowest BCUT2D eigenvalue weighted by atomic mass is 9.91. The summed E-state index contributed by atoms with van der Waals surface area (Å²) in [5.41, 5.74) is -0.0537. The number of alkyl halides is 3. The first-order chi connectivity index (χ1) is 8.86. The van der Waals surface area contributed by atoms with E-state index in [2.05, 4.69) is 5.32 Å². The maximum absolute atomic E-state index is 12.4. The highest BCUT2D eigenvalue weighted by Crippen LogP contribution is 2.29. The van der Waals surface area contributed by atoms with Crippen LogP contribution in [0.5, 0.6) is 0 Å². The smallest absolute Gasteiger partial charge is 0.296 e. The van der Waals surface area contributed by atoms with E-state index in [0.717, 1.165) is 12.1 Å². The molecule has 0 bridgehead atoms. The third-order valence-corrected chi connectivity index (χ3v) is 3.12. The van der Waals surface area contributed by atoms with Gasteiger partial charge >= 0.3 is 6.18 Å². The molecular formula is C13H12F3NO2. The predicted molar refractivity (Wildman–Crippen MR) is 61.0 cm³/mol. The van der Waals surface area contributed by atoms with E-state index in [-0.39, 0.29) is 24.2 Å². The maximum atomic E-state index is 12.4. The average molecular weight is 271 g/mol. The molecule has 102 valence electrons. The molecule has 1 saturated heterocycles. The van der Waals surface area contributed by atoms with Gasteiger partial charge in [-0.05, 0) is 30.5 Å². The van der Waals surface area contributed by atoms with Crippen molar-refractivity contribution in [2.75, 3.05) is 0 Å². The van der Waals surface area contributed by atoms with E-state index in [4.69, 9.17) is 0 Å². The molecule has 0 radical (unpaired) electrons. The molecule has 1 aromatic rings. The Kier molecular flexibility index (Phi) is 3.59. The van der Waals surface area contributed by atoms with Gasteiger partial charge in [-0.25, -0.2) is 0 Å². The van der Waals surface area contributed by atoms with Gasteiger partial charge in [0.25, 0.3) is 0 Å². The summed E-state index contributed by atoms with van der Waals surface area (Å²) in [6.07, 6.45) is -3.30. The van der Waals surface area contributed by atoms with E-state index < -0.39 is 11.7 Å². The summed E-state index contributed by atoms with van der Waals surface area (Å²) in [4.78, 5) is 22.5. The van der Waals surface area contributed by atoms with Gasteiger partial charge in [0, 0.05) is 12.3 Å². The standard InChI is InChI=1S/C13H12F3NO2/c14-13(15,16)10-4-1-8(2-5-10)7-9-3-6-11(18)17-12(9)19/h1-2,4-5,9H,3,6-7H2,(H,17,18,19)/t9-/m0/s1. The van der Waals surface area contributed by atoms with Crippen molar-refractivity contribution in [3.63, 3.8) is 0 Å². The normalized spacial score (nSPS) is 20.3. The number of rotatable bonds is 2. The van der Waals surface area contributed by atoms with E-state index in [0.29, 0.717) is 18.4 Å². The van der Waals surface area contributed by atoms with Crippen molar-refractivity contribution in [1.29, 1.82) is 0 Å². The van der Waals surface area contributed by atoms with Gasteiger partial charge in [-0.1, -0.05) is 12.1 Å². The van der Waals surface area contributed by atoms with Crippen LogP contribution >= 0.6 is 0 Å². The van der Waals surface area contributed by atoms with Gasteiger partial charge in [-0.3, -0.25) is 14.9 Å². The highest BCUT2D eigenvalue weighted by molar-refractivity contribution is 5.98. The molecule has 1 fully saturated rings. The minimum atomic E-state index is -4.35. The Hall–Kier alpha value is -1.85. The Bertz CT molecular complexity index is 494. The van der Waals surface area contributed by atoms with Gasteiger partial charge in [0.15, 0.2) is 0 Å². The van der Waals surface area contributed by atoms with Gasteiger partial charge in [0.1, 0.15) is 0 Å². The van der Waals surface area contributed by atoms with Crippen LogP contribution in [-0.2, 0) is 22.2 Å². The third-order valence-electron chi connectivity index (χ3n) is 3.12. The van der Waals surface area contributed by atoms with Crippen molar-refractivity contribution in [3.05, 3.63) is 35.4 Å². The molecule has 1 aliphatic rings. The number of benzene rings is 1.